The Balaban J connectivity index is 1.64. The minimum atomic E-state index is -0.256. The van der Waals surface area contributed by atoms with Crippen LogP contribution < -0.4 is 10.9 Å². The molecular weight excluding hydrogens is 406 g/mol. The van der Waals surface area contributed by atoms with Gasteiger partial charge in [0.05, 0.1) is 11.7 Å². The molecule has 2 heterocycles. The topological polar surface area (TPSA) is 64.0 Å². The van der Waals surface area contributed by atoms with Gasteiger partial charge in [-0.3, -0.25) is 14.2 Å². The van der Waals surface area contributed by atoms with Crippen molar-refractivity contribution in [1.29, 1.82) is 0 Å². The minimum absolute atomic E-state index is 0.0866. The van der Waals surface area contributed by atoms with E-state index in [9.17, 15) is 9.59 Å². The number of amides is 1. The van der Waals surface area contributed by atoms with E-state index in [1.807, 2.05) is 49.6 Å². The summed E-state index contributed by atoms with van der Waals surface area (Å²) in [5.74, 6) is 0.191. The molecule has 2 aromatic carbocycles. The molecule has 0 aliphatic carbocycles. The predicted molar refractivity (Wildman–Crippen MR) is 128 cm³/mol. The van der Waals surface area contributed by atoms with Crippen LogP contribution in [0.3, 0.4) is 0 Å². The Bertz CT molecular complexity index is 1320. The first-order valence-corrected chi connectivity index (χ1v) is 11.2. The summed E-state index contributed by atoms with van der Waals surface area (Å²) < 4.78 is 1.37. The van der Waals surface area contributed by atoms with Gasteiger partial charge in [0.15, 0.2) is 0 Å². The van der Waals surface area contributed by atoms with Gasteiger partial charge in [-0.2, -0.15) is 0 Å². The van der Waals surface area contributed by atoms with Crippen molar-refractivity contribution in [3.8, 4) is 11.1 Å². The smallest absolute Gasteiger partial charge is 0.263 e. The Morgan fingerprint density at radius 1 is 1.13 bits per heavy atom. The summed E-state index contributed by atoms with van der Waals surface area (Å²) in [7, 11) is 0. The second kappa shape index (κ2) is 8.47. The van der Waals surface area contributed by atoms with E-state index in [0.29, 0.717) is 16.1 Å². The molecular formula is C25H25N3O2S. The monoisotopic (exact) mass is 431 g/mol. The van der Waals surface area contributed by atoms with E-state index in [2.05, 4.69) is 36.3 Å². The van der Waals surface area contributed by atoms with Crippen LogP contribution >= 0.6 is 11.3 Å². The van der Waals surface area contributed by atoms with Gasteiger partial charge in [0.25, 0.3) is 5.56 Å². The second-order valence-corrected chi connectivity index (χ2v) is 9.01. The van der Waals surface area contributed by atoms with Gasteiger partial charge in [0.1, 0.15) is 11.4 Å². The van der Waals surface area contributed by atoms with Gasteiger partial charge in [-0.15, -0.1) is 11.3 Å². The SMILES string of the molecule is Cc1ccc(NC(=O)Cn2cnc3scc(-c4ccc(C(C)C)cc4)c3c2=O)c(C)c1. The Labute approximate surface area is 185 Å². The molecule has 0 spiro atoms. The van der Waals surface area contributed by atoms with E-state index in [4.69, 9.17) is 0 Å². The highest BCUT2D eigenvalue weighted by molar-refractivity contribution is 7.17. The van der Waals surface area contributed by atoms with Crippen LogP contribution in [0.2, 0.25) is 0 Å². The molecule has 0 saturated heterocycles. The fourth-order valence-electron chi connectivity index (χ4n) is 3.64. The zero-order chi connectivity index (χ0) is 22.1. The van der Waals surface area contributed by atoms with E-state index in [1.54, 1.807) is 0 Å². The summed E-state index contributed by atoms with van der Waals surface area (Å²) in [5.41, 5.74) is 5.75. The molecule has 0 unspecified atom stereocenters. The summed E-state index contributed by atoms with van der Waals surface area (Å²) in [6, 6.07) is 14.1. The number of hydrogen-bond acceptors (Lipinski definition) is 4. The molecule has 1 N–H and O–H groups in total. The van der Waals surface area contributed by atoms with Crippen LogP contribution in [0.1, 0.15) is 36.5 Å². The van der Waals surface area contributed by atoms with Gasteiger partial charge in [-0.1, -0.05) is 55.8 Å². The fourth-order valence-corrected chi connectivity index (χ4v) is 4.55. The number of thiophene rings is 1. The number of fused-ring (bicyclic) bond motifs is 1. The van der Waals surface area contributed by atoms with Crippen LogP contribution in [0.4, 0.5) is 5.69 Å². The van der Waals surface area contributed by atoms with Gasteiger partial charge >= 0.3 is 0 Å². The van der Waals surface area contributed by atoms with E-state index in [0.717, 1.165) is 27.9 Å². The Hall–Kier alpha value is -3.25. The number of aryl methyl sites for hydroxylation is 2. The molecule has 0 bridgehead atoms. The van der Waals surface area contributed by atoms with Crippen LogP contribution in [-0.4, -0.2) is 15.5 Å². The van der Waals surface area contributed by atoms with Crippen molar-refractivity contribution in [2.24, 2.45) is 0 Å². The predicted octanol–water partition coefficient (Wildman–Crippen LogP) is 5.50. The molecule has 0 fully saturated rings. The Morgan fingerprint density at radius 3 is 2.55 bits per heavy atom. The van der Waals surface area contributed by atoms with Crippen molar-refractivity contribution >= 4 is 33.1 Å². The lowest BCUT2D eigenvalue weighted by Crippen LogP contribution is -2.28. The third-order valence-electron chi connectivity index (χ3n) is 5.42. The van der Waals surface area contributed by atoms with Crippen molar-refractivity contribution in [1.82, 2.24) is 9.55 Å². The number of rotatable bonds is 5. The van der Waals surface area contributed by atoms with Crippen LogP contribution in [0, 0.1) is 13.8 Å². The first kappa shape index (κ1) is 21.0. The first-order valence-electron chi connectivity index (χ1n) is 10.3. The molecule has 1 amide bonds. The van der Waals surface area contributed by atoms with Crippen molar-refractivity contribution in [3.63, 3.8) is 0 Å². The maximum absolute atomic E-state index is 13.2. The first-order chi connectivity index (χ1) is 14.8. The molecule has 6 heteroatoms. The fraction of sp³-hybridized carbons (Fsp3) is 0.240. The van der Waals surface area contributed by atoms with E-state index in [-0.39, 0.29) is 18.0 Å². The molecule has 2 aromatic heterocycles. The largest absolute Gasteiger partial charge is 0.324 e. The lowest BCUT2D eigenvalue weighted by Gasteiger charge is -2.10. The highest BCUT2D eigenvalue weighted by Gasteiger charge is 2.15. The van der Waals surface area contributed by atoms with Crippen molar-refractivity contribution in [3.05, 3.63) is 81.2 Å². The Kier molecular flexibility index (Phi) is 5.74. The minimum Gasteiger partial charge on any atom is -0.324 e. The number of anilines is 1. The second-order valence-electron chi connectivity index (χ2n) is 8.15. The summed E-state index contributed by atoms with van der Waals surface area (Å²) in [4.78, 5) is 30.9. The van der Waals surface area contributed by atoms with Crippen LogP contribution in [-0.2, 0) is 11.3 Å². The van der Waals surface area contributed by atoms with Gasteiger partial charge < -0.3 is 5.32 Å². The van der Waals surface area contributed by atoms with E-state index >= 15 is 0 Å². The highest BCUT2D eigenvalue weighted by Crippen LogP contribution is 2.31. The van der Waals surface area contributed by atoms with Gasteiger partial charge in [-0.05, 0) is 42.5 Å². The normalized spacial score (nSPS) is 11.3. The van der Waals surface area contributed by atoms with Crippen LogP contribution in [0.15, 0.2) is 59.0 Å². The molecule has 4 rings (SSSR count). The summed E-state index contributed by atoms with van der Waals surface area (Å²) in [6.07, 6.45) is 1.45. The van der Waals surface area contributed by atoms with Crippen molar-refractivity contribution in [2.75, 3.05) is 5.32 Å². The van der Waals surface area contributed by atoms with Gasteiger partial charge in [0.2, 0.25) is 5.91 Å². The van der Waals surface area contributed by atoms with Crippen molar-refractivity contribution in [2.45, 2.75) is 40.2 Å². The molecule has 158 valence electrons. The highest BCUT2D eigenvalue weighted by atomic mass is 32.1. The number of aromatic nitrogens is 2. The quantitative estimate of drug-likeness (QED) is 0.453. The average Bonchev–Trinajstić information content (AvgIpc) is 3.17. The van der Waals surface area contributed by atoms with Gasteiger partial charge in [-0.25, -0.2) is 4.98 Å². The molecule has 4 aromatic rings. The molecule has 0 radical (unpaired) electrons. The van der Waals surface area contributed by atoms with Gasteiger partial charge in [0, 0.05) is 16.6 Å². The molecule has 0 atom stereocenters. The molecule has 0 aliphatic rings. The van der Waals surface area contributed by atoms with E-state index < -0.39 is 0 Å². The number of nitrogens with one attached hydrogen (secondary N) is 1. The number of carbonyl (C=O) groups is 1. The zero-order valence-corrected chi connectivity index (χ0v) is 18.9. The maximum atomic E-state index is 13.2. The summed E-state index contributed by atoms with van der Waals surface area (Å²) in [6.45, 7) is 8.18. The summed E-state index contributed by atoms with van der Waals surface area (Å²) in [5, 5.41) is 5.42. The van der Waals surface area contributed by atoms with Crippen LogP contribution in [0.5, 0.6) is 0 Å². The van der Waals surface area contributed by atoms with Crippen LogP contribution in [0.25, 0.3) is 21.3 Å². The number of carbonyl (C=O) groups excluding carboxylic acids is 1. The summed E-state index contributed by atoms with van der Waals surface area (Å²) >= 11 is 1.44. The zero-order valence-electron chi connectivity index (χ0n) is 18.1. The maximum Gasteiger partial charge on any atom is 0.263 e. The Morgan fingerprint density at radius 2 is 1.87 bits per heavy atom. The molecule has 0 saturated carbocycles. The van der Waals surface area contributed by atoms with Crippen molar-refractivity contribution < 1.29 is 4.79 Å². The number of hydrogen-bond donors (Lipinski definition) is 1. The lowest BCUT2D eigenvalue weighted by molar-refractivity contribution is -0.116. The third-order valence-corrected chi connectivity index (χ3v) is 6.31. The van der Waals surface area contributed by atoms with E-state index in [1.165, 1.54) is 27.8 Å². The molecule has 31 heavy (non-hydrogen) atoms. The average molecular weight is 432 g/mol. The molecule has 5 nitrogen and oxygen atoms in total. The standard InChI is InChI=1S/C25H25N3O2S/c1-15(2)18-6-8-19(9-7-18)20-13-31-24-23(20)25(30)28(14-26-24)12-22(29)27-21-10-5-16(3)11-17(21)4/h5-11,13-15H,12H2,1-4H3,(H,27,29). The lowest BCUT2D eigenvalue weighted by atomic mass is 9.99. The third kappa shape index (κ3) is 4.30. The number of nitrogens with zero attached hydrogens (tertiary/aromatic N) is 2. The number of benzene rings is 2. The molecule has 0 aliphatic heterocycles.